The molecule has 0 aromatic heterocycles. The van der Waals surface area contributed by atoms with Crippen molar-refractivity contribution in [2.24, 2.45) is 5.84 Å². The zero-order chi connectivity index (χ0) is 6.69. The Hall–Kier alpha value is -0.990. The molecule has 1 heterocycles. The van der Waals surface area contributed by atoms with Crippen molar-refractivity contribution < 1.29 is 9.42 Å². The Morgan fingerprint density at radius 1 is 1.78 bits per heavy atom. The summed E-state index contributed by atoms with van der Waals surface area (Å²) < 4.78 is 6.63. The third-order valence-corrected chi connectivity index (χ3v) is 1.33. The van der Waals surface area contributed by atoms with E-state index in [1.807, 2.05) is 12.3 Å². The van der Waals surface area contributed by atoms with E-state index in [4.69, 9.17) is 10.6 Å². The SMILES string of the molecule is COC1=CC=[N+](N)CC1. The van der Waals surface area contributed by atoms with E-state index in [1.165, 1.54) is 0 Å². The van der Waals surface area contributed by atoms with Crippen molar-refractivity contribution in [2.45, 2.75) is 6.42 Å². The van der Waals surface area contributed by atoms with Crippen molar-refractivity contribution in [1.82, 2.24) is 0 Å². The van der Waals surface area contributed by atoms with Gasteiger partial charge in [0.05, 0.1) is 13.5 Å². The van der Waals surface area contributed by atoms with Crippen LogP contribution in [-0.2, 0) is 4.74 Å². The Morgan fingerprint density at radius 3 is 3.00 bits per heavy atom. The van der Waals surface area contributed by atoms with Crippen LogP contribution in [0.25, 0.3) is 0 Å². The highest BCUT2D eigenvalue weighted by molar-refractivity contribution is 5.67. The van der Waals surface area contributed by atoms with Gasteiger partial charge in [0.2, 0.25) is 0 Å². The molecule has 1 aliphatic rings. The Bertz CT molecular complexity index is 160. The Morgan fingerprint density at radius 2 is 2.56 bits per heavy atom. The maximum absolute atomic E-state index is 5.43. The summed E-state index contributed by atoms with van der Waals surface area (Å²) in [6.45, 7) is 0.847. The molecule has 0 spiro atoms. The van der Waals surface area contributed by atoms with Gasteiger partial charge in [0.25, 0.3) is 0 Å². The van der Waals surface area contributed by atoms with Gasteiger partial charge >= 0.3 is 0 Å². The van der Waals surface area contributed by atoms with Gasteiger partial charge in [0, 0.05) is 6.08 Å². The highest BCUT2D eigenvalue weighted by Crippen LogP contribution is 2.02. The van der Waals surface area contributed by atoms with Crippen LogP contribution in [0.15, 0.2) is 11.8 Å². The highest BCUT2D eigenvalue weighted by Gasteiger charge is 2.07. The summed E-state index contributed by atoms with van der Waals surface area (Å²) in [7, 11) is 1.67. The maximum Gasteiger partial charge on any atom is 0.196 e. The van der Waals surface area contributed by atoms with Gasteiger partial charge in [-0.3, -0.25) is 0 Å². The van der Waals surface area contributed by atoms with Crippen LogP contribution in [0.5, 0.6) is 0 Å². The van der Waals surface area contributed by atoms with Crippen LogP contribution >= 0.6 is 0 Å². The molecule has 0 aliphatic carbocycles. The van der Waals surface area contributed by atoms with Crippen LogP contribution in [-0.4, -0.2) is 24.6 Å². The van der Waals surface area contributed by atoms with Crippen molar-refractivity contribution in [3.63, 3.8) is 0 Å². The standard InChI is InChI=1S/C6H11N2O/c1-9-6-2-4-8(7)5-3-6/h2,4H,3,5,7H2,1H3/q+1. The summed E-state index contributed by atoms with van der Waals surface area (Å²) in [4.78, 5) is 0. The van der Waals surface area contributed by atoms with E-state index in [-0.39, 0.29) is 0 Å². The number of methoxy groups -OCH3 is 1. The van der Waals surface area contributed by atoms with Crippen LogP contribution in [0, 0.1) is 0 Å². The summed E-state index contributed by atoms with van der Waals surface area (Å²) in [6, 6.07) is 0. The molecule has 2 N–H and O–H groups in total. The molecule has 0 fully saturated rings. The first kappa shape index (κ1) is 6.13. The molecule has 0 amide bonds. The Kier molecular flexibility index (Phi) is 1.72. The number of hydrazine groups is 1. The van der Waals surface area contributed by atoms with E-state index in [0.29, 0.717) is 0 Å². The van der Waals surface area contributed by atoms with E-state index in [0.717, 1.165) is 18.7 Å². The fraction of sp³-hybridized carbons (Fsp3) is 0.500. The first-order valence-electron chi connectivity index (χ1n) is 2.92. The molecule has 0 atom stereocenters. The van der Waals surface area contributed by atoms with Crippen LogP contribution in [0.3, 0.4) is 0 Å². The summed E-state index contributed by atoms with van der Waals surface area (Å²) in [6.07, 6.45) is 4.59. The molecule has 1 rings (SSSR count). The molecule has 0 saturated heterocycles. The third-order valence-electron chi connectivity index (χ3n) is 1.33. The molecule has 0 saturated carbocycles. The Labute approximate surface area is 54.4 Å². The van der Waals surface area contributed by atoms with E-state index < -0.39 is 0 Å². The van der Waals surface area contributed by atoms with Gasteiger partial charge in [-0.25, -0.2) is 5.84 Å². The first-order valence-corrected chi connectivity index (χ1v) is 2.92. The van der Waals surface area contributed by atoms with Crippen molar-refractivity contribution in [1.29, 1.82) is 0 Å². The number of hydrogen-bond donors (Lipinski definition) is 1. The molecule has 50 valence electrons. The third kappa shape index (κ3) is 1.45. The van der Waals surface area contributed by atoms with Crippen LogP contribution < -0.4 is 5.84 Å². The quantitative estimate of drug-likeness (QED) is 0.394. The van der Waals surface area contributed by atoms with Crippen LogP contribution in [0.2, 0.25) is 0 Å². The first-order chi connectivity index (χ1) is 4.33. The second kappa shape index (κ2) is 2.53. The molecule has 0 unspecified atom stereocenters. The number of rotatable bonds is 1. The van der Waals surface area contributed by atoms with E-state index in [1.54, 1.807) is 11.8 Å². The van der Waals surface area contributed by atoms with Crippen molar-refractivity contribution in [2.75, 3.05) is 13.7 Å². The largest absolute Gasteiger partial charge is 0.501 e. The van der Waals surface area contributed by atoms with Gasteiger partial charge in [-0.05, 0) is 0 Å². The summed E-state index contributed by atoms with van der Waals surface area (Å²) in [5, 5.41) is 0. The minimum atomic E-state index is 0.847. The van der Waals surface area contributed by atoms with Crippen LogP contribution in [0.1, 0.15) is 6.42 Å². The van der Waals surface area contributed by atoms with E-state index in [9.17, 15) is 0 Å². The predicted molar refractivity (Wildman–Crippen MR) is 35.1 cm³/mol. The lowest BCUT2D eigenvalue weighted by Gasteiger charge is -2.04. The molecule has 3 nitrogen and oxygen atoms in total. The van der Waals surface area contributed by atoms with Gasteiger partial charge < -0.3 is 4.74 Å². The average Bonchev–Trinajstić information content (AvgIpc) is 1.90. The summed E-state index contributed by atoms with van der Waals surface area (Å²) >= 11 is 0. The number of hydrazone groups is 1. The smallest absolute Gasteiger partial charge is 0.196 e. The highest BCUT2D eigenvalue weighted by atomic mass is 16.5. The topological polar surface area (TPSA) is 38.3 Å². The molecule has 0 bridgehead atoms. The normalized spacial score (nSPS) is 18.3. The maximum atomic E-state index is 5.43. The monoisotopic (exact) mass is 127 g/mol. The van der Waals surface area contributed by atoms with Crippen LogP contribution in [0.4, 0.5) is 0 Å². The minimum Gasteiger partial charge on any atom is -0.501 e. The second-order valence-corrected chi connectivity index (χ2v) is 1.97. The second-order valence-electron chi connectivity index (χ2n) is 1.97. The summed E-state index contributed by atoms with van der Waals surface area (Å²) in [5.41, 5.74) is 0. The fourth-order valence-electron chi connectivity index (χ4n) is 0.746. The lowest BCUT2D eigenvalue weighted by Crippen LogP contribution is -2.24. The molecular weight excluding hydrogens is 116 g/mol. The molecule has 0 aromatic carbocycles. The summed E-state index contributed by atoms with van der Waals surface area (Å²) in [5.74, 6) is 6.43. The number of ether oxygens (including phenoxy) is 1. The van der Waals surface area contributed by atoms with E-state index >= 15 is 0 Å². The Balaban J connectivity index is 2.59. The molecule has 9 heavy (non-hydrogen) atoms. The number of nitrogens with two attached hydrogens (primary N) is 1. The molecular formula is C6H11N2O+. The van der Waals surface area contributed by atoms with Crippen molar-refractivity contribution in [3.8, 4) is 0 Å². The van der Waals surface area contributed by atoms with Gasteiger partial charge in [-0.15, -0.1) is 4.68 Å². The number of hydrogen-bond acceptors (Lipinski definition) is 2. The van der Waals surface area contributed by atoms with Crippen molar-refractivity contribution >= 4 is 6.21 Å². The fourth-order valence-corrected chi connectivity index (χ4v) is 0.746. The minimum absolute atomic E-state index is 0.847. The molecule has 1 aliphatic heterocycles. The zero-order valence-corrected chi connectivity index (χ0v) is 5.50. The lowest BCUT2D eigenvalue weighted by atomic mass is 10.3. The average molecular weight is 127 g/mol. The van der Waals surface area contributed by atoms with Crippen molar-refractivity contribution in [3.05, 3.63) is 11.8 Å². The number of nitrogens with zero attached hydrogens (tertiary/aromatic N) is 1. The van der Waals surface area contributed by atoms with Gasteiger partial charge in [-0.2, -0.15) is 0 Å². The predicted octanol–water partition coefficient (Wildman–Crippen LogP) is -0.123. The van der Waals surface area contributed by atoms with Gasteiger partial charge in [0.15, 0.2) is 12.8 Å². The molecule has 0 radical (unpaired) electrons. The molecule has 0 aromatic rings. The van der Waals surface area contributed by atoms with Gasteiger partial charge in [-0.1, -0.05) is 0 Å². The molecule has 3 heteroatoms. The number of allylic oxidation sites excluding steroid dienone is 1. The lowest BCUT2D eigenvalue weighted by molar-refractivity contribution is -0.535. The zero-order valence-electron chi connectivity index (χ0n) is 5.50. The van der Waals surface area contributed by atoms with E-state index in [2.05, 4.69) is 0 Å². The van der Waals surface area contributed by atoms with Gasteiger partial charge in [0.1, 0.15) is 5.76 Å².